The zero-order valence-electron chi connectivity index (χ0n) is 17.5. The average Bonchev–Trinajstić information content (AvgIpc) is 2.94. The van der Waals surface area contributed by atoms with Crippen LogP contribution in [0.25, 0.3) is 0 Å². The van der Waals surface area contributed by atoms with Crippen molar-refractivity contribution < 1.29 is 15.3 Å². The highest BCUT2D eigenvalue weighted by Crippen LogP contribution is 2.36. The Morgan fingerprint density at radius 2 is 1.79 bits per heavy atom. The van der Waals surface area contributed by atoms with E-state index in [1.807, 2.05) is 24.3 Å². The van der Waals surface area contributed by atoms with E-state index in [0.29, 0.717) is 12.8 Å². The van der Waals surface area contributed by atoms with E-state index in [1.165, 1.54) is 18.4 Å². The molecule has 0 bridgehead atoms. The number of aryl methyl sites for hydroxylation is 1. The smallest absolute Gasteiger partial charge is 0.0724 e. The highest BCUT2D eigenvalue weighted by atomic mass is 16.3. The second-order valence-corrected chi connectivity index (χ2v) is 8.62. The van der Waals surface area contributed by atoms with Gasteiger partial charge in [0.2, 0.25) is 0 Å². The molecule has 1 fully saturated rings. The Morgan fingerprint density at radius 1 is 1.04 bits per heavy atom. The molecule has 3 N–H and O–H groups in total. The molecule has 1 aromatic carbocycles. The van der Waals surface area contributed by atoms with Crippen LogP contribution in [-0.2, 0) is 6.42 Å². The topological polar surface area (TPSA) is 60.7 Å². The van der Waals surface area contributed by atoms with E-state index in [9.17, 15) is 15.3 Å². The maximum absolute atomic E-state index is 10.3. The molecule has 1 saturated carbocycles. The van der Waals surface area contributed by atoms with Crippen molar-refractivity contribution in [2.24, 2.45) is 17.8 Å². The molecule has 156 valence electrons. The monoisotopic (exact) mass is 386 g/mol. The van der Waals surface area contributed by atoms with Crippen molar-refractivity contribution in [3.8, 4) is 0 Å². The fourth-order valence-electron chi connectivity index (χ4n) is 4.03. The van der Waals surface area contributed by atoms with Crippen LogP contribution in [-0.4, -0.2) is 33.6 Å². The molecule has 1 aliphatic rings. The van der Waals surface area contributed by atoms with E-state index in [0.717, 1.165) is 25.2 Å². The van der Waals surface area contributed by atoms with Crippen LogP contribution in [0.15, 0.2) is 54.6 Å². The molecule has 0 saturated heterocycles. The van der Waals surface area contributed by atoms with Gasteiger partial charge in [0.05, 0.1) is 18.3 Å². The lowest BCUT2D eigenvalue weighted by Crippen LogP contribution is -2.20. The van der Waals surface area contributed by atoms with Crippen LogP contribution in [0.3, 0.4) is 0 Å². The Labute approximate surface area is 170 Å². The largest absolute Gasteiger partial charge is 0.393 e. The molecule has 0 aromatic heterocycles. The quantitative estimate of drug-likeness (QED) is 0.383. The number of benzene rings is 1. The molecule has 0 radical (unpaired) electrons. The molecule has 1 aromatic rings. The summed E-state index contributed by atoms with van der Waals surface area (Å²) in [5.74, 6) is 0.665. The summed E-state index contributed by atoms with van der Waals surface area (Å²) in [4.78, 5) is 0. The van der Waals surface area contributed by atoms with Gasteiger partial charge < -0.3 is 15.3 Å². The van der Waals surface area contributed by atoms with Gasteiger partial charge in [0.25, 0.3) is 0 Å². The van der Waals surface area contributed by atoms with Crippen LogP contribution >= 0.6 is 0 Å². The molecule has 0 amide bonds. The molecular weight excluding hydrogens is 348 g/mol. The minimum atomic E-state index is -0.535. The Kier molecular flexibility index (Phi) is 9.97. The van der Waals surface area contributed by atoms with E-state index in [2.05, 4.69) is 38.1 Å². The van der Waals surface area contributed by atoms with Gasteiger partial charge in [0.1, 0.15) is 0 Å². The molecule has 0 heterocycles. The third-order valence-corrected chi connectivity index (χ3v) is 5.77. The van der Waals surface area contributed by atoms with E-state index >= 15 is 0 Å². The SMILES string of the molecule is CC(C)CCC/C=C\C[C@@H]1[C@@H](/C=C/[C@@H](O)CCc2ccccc2)[C@H](O)C[C@@H]1O. The first-order valence-electron chi connectivity index (χ1n) is 10.9. The predicted octanol–water partition coefficient (Wildman–Crippen LogP) is 4.67. The lowest BCUT2D eigenvalue weighted by Gasteiger charge is -2.19. The summed E-state index contributed by atoms with van der Waals surface area (Å²) in [5.41, 5.74) is 1.21. The van der Waals surface area contributed by atoms with Gasteiger partial charge in [-0.3, -0.25) is 0 Å². The Hall–Kier alpha value is -1.42. The number of hydrogen-bond donors (Lipinski definition) is 3. The van der Waals surface area contributed by atoms with Gasteiger partial charge in [-0.25, -0.2) is 0 Å². The van der Waals surface area contributed by atoms with Crippen molar-refractivity contribution in [2.75, 3.05) is 0 Å². The molecule has 0 unspecified atom stereocenters. The zero-order chi connectivity index (χ0) is 20.4. The van der Waals surface area contributed by atoms with Crippen LogP contribution in [0.5, 0.6) is 0 Å². The van der Waals surface area contributed by atoms with Crippen molar-refractivity contribution in [1.29, 1.82) is 0 Å². The normalized spacial score (nSPS) is 26.6. The number of rotatable bonds is 11. The molecule has 5 atom stereocenters. The first kappa shape index (κ1) is 22.9. The van der Waals surface area contributed by atoms with Crippen molar-refractivity contribution in [2.45, 2.75) is 77.1 Å². The van der Waals surface area contributed by atoms with Gasteiger partial charge in [-0.2, -0.15) is 0 Å². The molecule has 2 rings (SSSR count). The summed E-state index contributed by atoms with van der Waals surface area (Å²) in [5, 5.41) is 30.9. The van der Waals surface area contributed by atoms with Gasteiger partial charge in [0.15, 0.2) is 0 Å². The van der Waals surface area contributed by atoms with Gasteiger partial charge in [-0.15, -0.1) is 0 Å². The van der Waals surface area contributed by atoms with Crippen LogP contribution in [0.4, 0.5) is 0 Å². The summed E-state index contributed by atoms with van der Waals surface area (Å²) < 4.78 is 0. The maximum atomic E-state index is 10.3. The predicted molar refractivity (Wildman–Crippen MR) is 116 cm³/mol. The van der Waals surface area contributed by atoms with Gasteiger partial charge in [-0.05, 0) is 49.5 Å². The maximum Gasteiger partial charge on any atom is 0.0724 e. The Morgan fingerprint density at radius 3 is 2.50 bits per heavy atom. The number of hydrogen-bond acceptors (Lipinski definition) is 3. The van der Waals surface area contributed by atoms with E-state index in [4.69, 9.17) is 0 Å². The van der Waals surface area contributed by atoms with Gasteiger partial charge >= 0.3 is 0 Å². The third kappa shape index (κ3) is 7.90. The van der Waals surface area contributed by atoms with Crippen LogP contribution in [0, 0.1) is 17.8 Å². The van der Waals surface area contributed by atoms with Gasteiger partial charge in [-0.1, -0.05) is 74.9 Å². The van der Waals surface area contributed by atoms with Crippen LogP contribution in [0.2, 0.25) is 0 Å². The van der Waals surface area contributed by atoms with Crippen molar-refractivity contribution in [3.63, 3.8) is 0 Å². The lowest BCUT2D eigenvalue weighted by molar-refractivity contribution is 0.120. The van der Waals surface area contributed by atoms with Crippen LogP contribution in [0.1, 0.15) is 57.9 Å². The summed E-state index contributed by atoms with van der Waals surface area (Å²) in [7, 11) is 0. The average molecular weight is 387 g/mol. The minimum absolute atomic E-state index is 0.0222. The summed E-state index contributed by atoms with van der Waals surface area (Å²) in [6.45, 7) is 4.48. The number of aliphatic hydroxyl groups excluding tert-OH is 3. The number of allylic oxidation sites excluding steroid dienone is 2. The molecule has 0 aliphatic heterocycles. The molecule has 28 heavy (non-hydrogen) atoms. The highest BCUT2D eigenvalue weighted by molar-refractivity contribution is 5.15. The van der Waals surface area contributed by atoms with E-state index < -0.39 is 18.3 Å². The van der Waals surface area contributed by atoms with Crippen LogP contribution < -0.4 is 0 Å². The second-order valence-electron chi connectivity index (χ2n) is 8.62. The Bertz CT molecular complexity index is 593. The number of aliphatic hydroxyl groups is 3. The zero-order valence-corrected chi connectivity index (χ0v) is 17.5. The molecule has 3 heteroatoms. The second kappa shape index (κ2) is 12.2. The van der Waals surface area contributed by atoms with E-state index in [-0.39, 0.29) is 11.8 Å². The fraction of sp³-hybridized carbons (Fsp3) is 0.600. The molecule has 1 aliphatic carbocycles. The summed E-state index contributed by atoms with van der Waals surface area (Å²) in [6, 6.07) is 10.1. The van der Waals surface area contributed by atoms with Crippen molar-refractivity contribution in [3.05, 3.63) is 60.2 Å². The summed E-state index contributed by atoms with van der Waals surface area (Å²) >= 11 is 0. The van der Waals surface area contributed by atoms with Crippen molar-refractivity contribution >= 4 is 0 Å². The highest BCUT2D eigenvalue weighted by Gasteiger charge is 2.39. The fourth-order valence-corrected chi connectivity index (χ4v) is 4.03. The Balaban J connectivity index is 1.81. The summed E-state index contributed by atoms with van der Waals surface area (Å²) in [6.07, 6.45) is 12.7. The van der Waals surface area contributed by atoms with Crippen molar-refractivity contribution in [1.82, 2.24) is 0 Å². The lowest BCUT2D eigenvalue weighted by atomic mass is 9.89. The third-order valence-electron chi connectivity index (χ3n) is 5.77. The number of unbranched alkanes of at least 4 members (excludes halogenated alkanes) is 1. The molecular formula is C25H38O3. The first-order chi connectivity index (χ1) is 13.5. The minimum Gasteiger partial charge on any atom is -0.393 e. The molecule has 3 nitrogen and oxygen atoms in total. The van der Waals surface area contributed by atoms with E-state index in [1.54, 1.807) is 6.08 Å². The molecule has 0 spiro atoms. The first-order valence-corrected chi connectivity index (χ1v) is 10.9. The van der Waals surface area contributed by atoms with Gasteiger partial charge in [0, 0.05) is 12.3 Å². The standard InChI is InChI=1S/C25H38O3/c1-19(2)10-6-3-4-9-13-22-23(25(28)18-24(22)27)17-16-21(26)15-14-20-11-7-5-8-12-20/h4-5,7-9,11-12,16-17,19,21-28H,3,6,10,13-15,18H2,1-2H3/b9-4-,17-16+/t21-,22+,23+,24-,25+/m0/s1.